The number of halogens is 1. The summed E-state index contributed by atoms with van der Waals surface area (Å²) in [5.74, 6) is -2.82. The van der Waals surface area contributed by atoms with Crippen LogP contribution in [0.25, 0.3) is 0 Å². The number of anilines is 1. The number of nitrogens with zero attached hydrogens (tertiary/aromatic N) is 1. The fourth-order valence-corrected chi connectivity index (χ4v) is 5.25. The van der Waals surface area contributed by atoms with E-state index < -0.39 is 41.0 Å². The molecule has 2 atom stereocenters. The Bertz CT molecular complexity index is 1420. The highest BCUT2D eigenvalue weighted by Crippen LogP contribution is 2.32. The molecule has 1 amide bonds. The summed E-state index contributed by atoms with van der Waals surface area (Å²) in [5.41, 5.74) is 0.562. The van der Waals surface area contributed by atoms with Gasteiger partial charge >= 0.3 is 5.97 Å². The lowest BCUT2D eigenvalue weighted by atomic mass is 9.99. The minimum Gasteiger partial charge on any atom is -0.508 e. The maximum Gasteiger partial charge on any atom is 0.338 e. The molecule has 9 nitrogen and oxygen atoms in total. The Balaban J connectivity index is 1.28. The number of amides is 1. The number of aromatic hydroxyl groups is 2. The largest absolute Gasteiger partial charge is 0.508 e. The van der Waals surface area contributed by atoms with Crippen LogP contribution in [0.1, 0.15) is 62.3 Å². The van der Waals surface area contributed by atoms with Crippen LogP contribution < -0.4 is 15.5 Å². The molecule has 41 heavy (non-hydrogen) atoms. The second kappa shape index (κ2) is 12.4. The standard InChI is InChI=1S/C31H32FN3O6/c32-28-24(35-16-1-2-17-35)13-14-25(37)27(28)29(38)19-5-7-21(8-6-19)31(40)41-26-4-3-15-33-18-23(26)34-30(39)20-9-11-22(36)12-10-20/h5-14,23,26,33,36-37H,1-4,15-18H2,(H,34,39)/t23-,26-/m1/s1. The van der Waals surface area contributed by atoms with Crippen LogP contribution in [0.3, 0.4) is 0 Å². The predicted molar refractivity (Wildman–Crippen MR) is 150 cm³/mol. The lowest BCUT2D eigenvalue weighted by Crippen LogP contribution is -2.49. The van der Waals surface area contributed by atoms with Gasteiger partial charge in [0, 0.05) is 30.8 Å². The van der Waals surface area contributed by atoms with Gasteiger partial charge in [-0.05, 0) is 80.8 Å². The summed E-state index contributed by atoms with van der Waals surface area (Å²) in [6, 6.07) is 13.8. The Kier molecular flexibility index (Phi) is 8.49. The van der Waals surface area contributed by atoms with Crippen molar-refractivity contribution in [3.05, 3.63) is 88.7 Å². The molecule has 2 heterocycles. The summed E-state index contributed by atoms with van der Waals surface area (Å²) in [7, 11) is 0. The molecule has 2 fully saturated rings. The van der Waals surface area contributed by atoms with E-state index in [-0.39, 0.29) is 28.5 Å². The van der Waals surface area contributed by atoms with Gasteiger partial charge in [0.05, 0.1) is 17.3 Å². The van der Waals surface area contributed by atoms with E-state index in [0.717, 1.165) is 19.3 Å². The van der Waals surface area contributed by atoms with Crippen LogP contribution in [-0.2, 0) is 4.74 Å². The lowest BCUT2D eigenvalue weighted by molar-refractivity contribution is 0.0192. The number of hydrogen-bond acceptors (Lipinski definition) is 8. The fourth-order valence-electron chi connectivity index (χ4n) is 5.25. The number of benzene rings is 3. The van der Waals surface area contributed by atoms with Crippen LogP contribution in [0, 0.1) is 5.82 Å². The van der Waals surface area contributed by atoms with Crippen LogP contribution >= 0.6 is 0 Å². The molecule has 214 valence electrons. The van der Waals surface area contributed by atoms with E-state index in [1.54, 1.807) is 0 Å². The number of esters is 1. The first kappa shape index (κ1) is 28.1. The molecule has 0 unspecified atom stereocenters. The number of hydrogen-bond donors (Lipinski definition) is 4. The van der Waals surface area contributed by atoms with Crippen molar-refractivity contribution >= 4 is 23.3 Å². The molecule has 2 aliphatic rings. The van der Waals surface area contributed by atoms with E-state index >= 15 is 4.39 Å². The normalized spacial score (nSPS) is 18.9. The second-order valence-corrected chi connectivity index (χ2v) is 10.3. The van der Waals surface area contributed by atoms with Gasteiger partial charge in [0.1, 0.15) is 23.2 Å². The van der Waals surface area contributed by atoms with E-state index in [4.69, 9.17) is 4.74 Å². The van der Waals surface area contributed by atoms with E-state index in [0.29, 0.717) is 38.2 Å². The Labute approximate surface area is 236 Å². The van der Waals surface area contributed by atoms with Crippen molar-refractivity contribution in [2.24, 2.45) is 0 Å². The molecule has 4 N–H and O–H groups in total. The van der Waals surface area contributed by atoms with Crippen LogP contribution in [-0.4, -0.2) is 66.2 Å². The van der Waals surface area contributed by atoms with Gasteiger partial charge in [-0.15, -0.1) is 0 Å². The van der Waals surface area contributed by atoms with Crippen molar-refractivity contribution < 1.29 is 33.7 Å². The number of ketones is 1. The molecule has 5 rings (SSSR count). The molecule has 2 saturated heterocycles. The number of ether oxygens (including phenoxy) is 1. The molecule has 0 aromatic heterocycles. The molecular weight excluding hydrogens is 529 g/mol. The molecule has 2 aliphatic heterocycles. The van der Waals surface area contributed by atoms with Gasteiger partial charge in [0.2, 0.25) is 0 Å². The number of phenols is 2. The predicted octanol–water partition coefficient (Wildman–Crippen LogP) is 3.78. The topological polar surface area (TPSA) is 128 Å². The van der Waals surface area contributed by atoms with E-state index in [1.165, 1.54) is 60.7 Å². The van der Waals surface area contributed by atoms with Crippen molar-refractivity contribution in [1.29, 1.82) is 0 Å². The van der Waals surface area contributed by atoms with Crippen LogP contribution in [0.4, 0.5) is 10.1 Å². The quantitative estimate of drug-likeness (QED) is 0.254. The molecule has 0 spiro atoms. The summed E-state index contributed by atoms with van der Waals surface area (Å²) in [4.78, 5) is 40.8. The monoisotopic (exact) mass is 561 g/mol. The van der Waals surface area contributed by atoms with Crippen molar-refractivity contribution in [2.75, 3.05) is 31.1 Å². The van der Waals surface area contributed by atoms with Crippen molar-refractivity contribution in [1.82, 2.24) is 10.6 Å². The van der Waals surface area contributed by atoms with Crippen LogP contribution in [0.15, 0.2) is 60.7 Å². The number of phenolic OH excluding ortho intramolecular Hbond substituents is 2. The van der Waals surface area contributed by atoms with E-state index in [1.807, 2.05) is 4.90 Å². The molecular formula is C31H32FN3O6. The maximum absolute atomic E-state index is 15.3. The van der Waals surface area contributed by atoms with Gasteiger partial charge < -0.3 is 30.5 Å². The number of nitrogens with one attached hydrogen (secondary N) is 2. The zero-order valence-electron chi connectivity index (χ0n) is 22.4. The maximum atomic E-state index is 15.3. The minimum absolute atomic E-state index is 0.0507. The highest BCUT2D eigenvalue weighted by molar-refractivity contribution is 6.11. The lowest BCUT2D eigenvalue weighted by Gasteiger charge is -2.26. The van der Waals surface area contributed by atoms with Gasteiger partial charge in [-0.2, -0.15) is 0 Å². The Morgan fingerprint density at radius 1 is 0.878 bits per heavy atom. The van der Waals surface area contributed by atoms with Gasteiger partial charge in [-0.25, -0.2) is 9.18 Å². The summed E-state index contributed by atoms with van der Waals surface area (Å²) >= 11 is 0. The highest BCUT2D eigenvalue weighted by Gasteiger charge is 2.30. The van der Waals surface area contributed by atoms with Crippen molar-refractivity contribution in [3.63, 3.8) is 0 Å². The first-order valence-corrected chi connectivity index (χ1v) is 13.7. The zero-order valence-corrected chi connectivity index (χ0v) is 22.4. The van der Waals surface area contributed by atoms with Gasteiger partial charge in [0.15, 0.2) is 11.6 Å². The molecule has 0 radical (unpaired) electrons. The number of rotatable bonds is 7. The van der Waals surface area contributed by atoms with E-state index in [9.17, 15) is 24.6 Å². The van der Waals surface area contributed by atoms with Gasteiger partial charge in [-0.1, -0.05) is 12.1 Å². The molecule has 0 aliphatic carbocycles. The fraction of sp³-hybridized carbons (Fsp3) is 0.323. The minimum atomic E-state index is -0.761. The van der Waals surface area contributed by atoms with Crippen LogP contribution in [0.2, 0.25) is 0 Å². The first-order valence-electron chi connectivity index (χ1n) is 13.7. The number of carbonyl (C=O) groups excluding carboxylic acids is 3. The average molecular weight is 562 g/mol. The number of carbonyl (C=O) groups is 3. The first-order chi connectivity index (χ1) is 19.8. The van der Waals surface area contributed by atoms with E-state index in [2.05, 4.69) is 10.6 Å². The zero-order chi connectivity index (χ0) is 28.9. The average Bonchev–Trinajstić information content (AvgIpc) is 3.42. The van der Waals surface area contributed by atoms with Crippen molar-refractivity contribution in [2.45, 2.75) is 37.8 Å². The smallest absolute Gasteiger partial charge is 0.338 e. The summed E-state index contributed by atoms with van der Waals surface area (Å²) < 4.78 is 21.1. The Morgan fingerprint density at radius 3 is 2.24 bits per heavy atom. The molecule has 0 bridgehead atoms. The summed E-state index contributed by atoms with van der Waals surface area (Å²) in [5, 5.41) is 25.9. The third-order valence-corrected chi connectivity index (χ3v) is 7.52. The Hall–Kier alpha value is -4.44. The SMILES string of the molecule is O=C(N[C@@H]1CNCCC[C@H]1OC(=O)c1ccc(C(=O)c2c(O)ccc(N3CCCC3)c2F)cc1)c1ccc(O)cc1. The summed E-state index contributed by atoms with van der Waals surface area (Å²) in [6.45, 7) is 2.48. The third-order valence-electron chi connectivity index (χ3n) is 7.52. The Morgan fingerprint density at radius 2 is 1.54 bits per heavy atom. The second-order valence-electron chi connectivity index (χ2n) is 10.3. The molecule has 3 aromatic carbocycles. The highest BCUT2D eigenvalue weighted by atomic mass is 19.1. The third kappa shape index (κ3) is 6.33. The summed E-state index contributed by atoms with van der Waals surface area (Å²) in [6.07, 6.45) is 2.54. The molecule has 3 aromatic rings. The van der Waals surface area contributed by atoms with Crippen molar-refractivity contribution in [3.8, 4) is 11.5 Å². The van der Waals surface area contributed by atoms with Gasteiger partial charge in [0.25, 0.3) is 5.91 Å². The molecule has 0 saturated carbocycles. The van der Waals surface area contributed by atoms with Gasteiger partial charge in [-0.3, -0.25) is 9.59 Å². The van der Waals surface area contributed by atoms with Crippen LogP contribution in [0.5, 0.6) is 11.5 Å². The molecule has 10 heteroatoms.